The number of benzene rings is 2. The van der Waals surface area contributed by atoms with Crippen molar-refractivity contribution >= 4 is 15.8 Å². The predicted molar refractivity (Wildman–Crippen MR) is 119 cm³/mol. The molecule has 2 aromatic carbocycles. The third kappa shape index (κ3) is 5.11. The molecular weight excluding hydrogens is 439 g/mol. The normalized spacial score (nSPS) is 12.6. The van der Waals surface area contributed by atoms with Crippen LogP contribution in [0.4, 0.5) is 19.0 Å². The summed E-state index contributed by atoms with van der Waals surface area (Å²) in [7, 11) is -0.714. The molecule has 0 spiro atoms. The van der Waals surface area contributed by atoms with Crippen LogP contribution in [-0.2, 0) is 21.7 Å². The molecule has 3 aromatic rings. The number of aromatic nitrogens is 1. The highest BCUT2D eigenvalue weighted by Gasteiger charge is 2.38. The minimum absolute atomic E-state index is 0.603. The van der Waals surface area contributed by atoms with E-state index in [2.05, 4.69) is 9.71 Å². The average molecular weight is 464 g/mol. The molecule has 0 unspecified atom stereocenters. The van der Waals surface area contributed by atoms with E-state index in [4.69, 9.17) is 0 Å². The van der Waals surface area contributed by atoms with Crippen molar-refractivity contribution in [1.29, 1.82) is 0 Å². The lowest BCUT2D eigenvalue weighted by Crippen LogP contribution is -2.41. The van der Waals surface area contributed by atoms with E-state index in [1.165, 1.54) is 6.07 Å². The summed E-state index contributed by atoms with van der Waals surface area (Å²) in [6, 6.07) is 15.1. The van der Waals surface area contributed by atoms with Crippen LogP contribution in [0.3, 0.4) is 0 Å². The fourth-order valence-electron chi connectivity index (χ4n) is 3.32. The molecule has 0 bridgehead atoms. The Morgan fingerprint density at radius 1 is 0.906 bits per heavy atom. The Balaban J connectivity index is 1.98. The van der Waals surface area contributed by atoms with Gasteiger partial charge < -0.3 is 4.90 Å². The summed E-state index contributed by atoms with van der Waals surface area (Å²) in [6.07, 6.45) is -3.11. The molecule has 0 amide bonds. The van der Waals surface area contributed by atoms with Gasteiger partial charge in [-0.15, -0.1) is 0 Å². The second-order valence-corrected chi connectivity index (χ2v) is 9.75. The first-order chi connectivity index (χ1) is 14.8. The highest BCUT2D eigenvalue weighted by Crippen LogP contribution is 2.35. The van der Waals surface area contributed by atoms with E-state index < -0.39 is 32.2 Å². The monoisotopic (exact) mass is 463 g/mol. The molecule has 170 valence electrons. The van der Waals surface area contributed by atoms with Gasteiger partial charge in [-0.25, -0.2) is 18.1 Å². The summed E-state index contributed by atoms with van der Waals surface area (Å²) in [5.41, 5.74) is -0.0655. The van der Waals surface area contributed by atoms with Crippen LogP contribution in [0.15, 0.2) is 71.8 Å². The molecule has 0 aliphatic rings. The molecule has 0 radical (unpaired) electrons. The van der Waals surface area contributed by atoms with Gasteiger partial charge in [-0.05, 0) is 60.9 Å². The summed E-state index contributed by atoms with van der Waals surface area (Å²) >= 11 is 0. The Hall–Kier alpha value is -2.91. The average Bonchev–Trinajstić information content (AvgIpc) is 2.72. The quantitative estimate of drug-likeness (QED) is 0.556. The predicted octanol–water partition coefficient (Wildman–Crippen LogP) is 5.05. The van der Waals surface area contributed by atoms with Crippen LogP contribution in [0.5, 0.6) is 0 Å². The molecule has 0 fully saturated rings. The maximum absolute atomic E-state index is 13.4. The molecule has 9 heteroatoms. The van der Waals surface area contributed by atoms with Crippen LogP contribution in [0.2, 0.25) is 0 Å². The van der Waals surface area contributed by atoms with Crippen molar-refractivity contribution in [3.63, 3.8) is 0 Å². The van der Waals surface area contributed by atoms with Crippen LogP contribution in [0, 0.1) is 0 Å². The van der Waals surface area contributed by atoms with Crippen LogP contribution in [-0.4, -0.2) is 27.5 Å². The van der Waals surface area contributed by atoms with E-state index in [0.29, 0.717) is 5.56 Å². The zero-order valence-corrected chi connectivity index (χ0v) is 18.9. The standard InChI is InChI=1S/C23H24F3N3O2S/c1-22(2,28-32(30,31)20-11-6-5-10-19(20)23(24,25)26)18-9-7-8-16(14-18)17-12-13-27-21(15-17)29(3)4/h5-15,28H,1-4H3. The van der Waals surface area contributed by atoms with Crippen molar-refractivity contribution < 1.29 is 21.6 Å². The zero-order chi connectivity index (χ0) is 23.7. The molecular formula is C23H24F3N3O2S. The van der Waals surface area contributed by atoms with Gasteiger partial charge in [0, 0.05) is 20.3 Å². The van der Waals surface area contributed by atoms with Crippen LogP contribution < -0.4 is 9.62 Å². The maximum Gasteiger partial charge on any atom is 0.417 e. The SMILES string of the molecule is CN(C)c1cc(-c2cccc(C(C)(C)NS(=O)(=O)c3ccccc3C(F)(F)F)c2)ccn1. The van der Waals surface area contributed by atoms with E-state index in [0.717, 1.165) is 35.1 Å². The molecule has 1 aromatic heterocycles. The lowest BCUT2D eigenvalue weighted by Gasteiger charge is -2.28. The molecule has 0 aliphatic heterocycles. The van der Waals surface area contributed by atoms with E-state index >= 15 is 0 Å². The van der Waals surface area contributed by atoms with Gasteiger partial charge in [0.25, 0.3) is 0 Å². The second kappa shape index (κ2) is 8.55. The summed E-state index contributed by atoms with van der Waals surface area (Å²) < 4.78 is 68.4. The van der Waals surface area contributed by atoms with Crippen LogP contribution in [0.1, 0.15) is 25.0 Å². The number of hydrogen-bond acceptors (Lipinski definition) is 4. The molecule has 5 nitrogen and oxygen atoms in total. The lowest BCUT2D eigenvalue weighted by atomic mass is 9.92. The molecule has 1 heterocycles. The van der Waals surface area contributed by atoms with Gasteiger partial charge in [-0.2, -0.15) is 13.2 Å². The van der Waals surface area contributed by atoms with Crippen molar-refractivity contribution in [2.24, 2.45) is 0 Å². The van der Waals surface area contributed by atoms with E-state index in [9.17, 15) is 21.6 Å². The molecule has 3 rings (SSSR count). The number of alkyl halides is 3. The highest BCUT2D eigenvalue weighted by molar-refractivity contribution is 7.89. The Bertz CT molecular complexity index is 1220. The molecule has 1 N–H and O–H groups in total. The lowest BCUT2D eigenvalue weighted by molar-refractivity contribution is -0.139. The topological polar surface area (TPSA) is 62.3 Å². The maximum atomic E-state index is 13.4. The van der Waals surface area contributed by atoms with Crippen molar-refractivity contribution in [3.8, 4) is 11.1 Å². The summed E-state index contributed by atoms with van der Waals surface area (Å²) in [5, 5.41) is 0. The number of anilines is 1. The van der Waals surface area contributed by atoms with Crippen molar-refractivity contribution in [1.82, 2.24) is 9.71 Å². The van der Waals surface area contributed by atoms with Crippen LogP contribution in [0.25, 0.3) is 11.1 Å². The van der Waals surface area contributed by atoms with E-state index in [-0.39, 0.29) is 0 Å². The largest absolute Gasteiger partial charge is 0.417 e. The van der Waals surface area contributed by atoms with E-state index in [1.807, 2.05) is 43.3 Å². The summed E-state index contributed by atoms with van der Waals surface area (Å²) in [5.74, 6) is 0.761. The zero-order valence-electron chi connectivity index (χ0n) is 18.1. The van der Waals surface area contributed by atoms with Gasteiger partial charge >= 0.3 is 6.18 Å². The Labute approximate surface area is 186 Å². The first-order valence-electron chi connectivity index (χ1n) is 9.76. The fraction of sp³-hybridized carbons (Fsp3) is 0.261. The number of nitrogens with one attached hydrogen (secondary N) is 1. The smallest absolute Gasteiger partial charge is 0.363 e. The van der Waals surface area contributed by atoms with Gasteiger partial charge in [-0.3, -0.25) is 0 Å². The van der Waals surface area contributed by atoms with Gasteiger partial charge in [-0.1, -0.05) is 30.3 Å². The first kappa shape index (κ1) is 23.7. The first-order valence-corrected chi connectivity index (χ1v) is 11.2. The number of pyridine rings is 1. The number of rotatable bonds is 6. The molecule has 0 saturated carbocycles. The number of nitrogens with zero attached hydrogens (tertiary/aromatic N) is 2. The number of sulfonamides is 1. The summed E-state index contributed by atoms with van der Waals surface area (Å²) in [6.45, 7) is 3.22. The Morgan fingerprint density at radius 3 is 2.22 bits per heavy atom. The molecule has 0 saturated heterocycles. The van der Waals surface area contributed by atoms with Gasteiger partial charge in [0.1, 0.15) is 5.82 Å². The van der Waals surface area contributed by atoms with Crippen LogP contribution >= 0.6 is 0 Å². The van der Waals surface area contributed by atoms with E-state index in [1.54, 1.807) is 32.2 Å². The number of hydrogen-bond donors (Lipinski definition) is 1. The Morgan fingerprint density at radius 2 is 1.56 bits per heavy atom. The Kier molecular flexibility index (Phi) is 6.35. The second-order valence-electron chi connectivity index (χ2n) is 8.10. The molecule has 0 aliphatic carbocycles. The number of halogens is 3. The summed E-state index contributed by atoms with van der Waals surface area (Å²) in [4.78, 5) is 5.35. The third-order valence-corrected chi connectivity index (χ3v) is 6.71. The van der Waals surface area contributed by atoms with Gasteiger partial charge in [0.05, 0.1) is 16.0 Å². The molecule has 0 atom stereocenters. The van der Waals surface area contributed by atoms with Gasteiger partial charge in [0.2, 0.25) is 10.0 Å². The third-order valence-electron chi connectivity index (χ3n) is 4.99. The van der Waals surface area contributed by atoms with Crippen molar-refractivity contribution in [3.05, 3.63) is 78.0 Å². The van der Waals surface area contributed by atoms with Crippen molar-refractivity contribution in [2.75, 3.05) is 19.0 Å². The fourth-order valence-corrected chi connectivity index (χ4v) is 4.95. The van der Waals surface area contributed by atoms with Gasteiger partial charge in [0.15, 0.2) is 0 Å². The minimum Gasteiger partial charge on any atom is -0.363 e. The molecule has 32 heavy (non-hydrogen) atoms. The minimum atomic E-state index is -4.79. The van der Waals surface area contributed by atoms with Crippen molar-refractivity contribution in [2.45, 2.75) is 30.5 Å². The highest BCUT2D eigenvalue weighted by atomic mass is 32.2.